The van der Waals surface area contributed by atoms with Gasteiger partial charge in [0.1, 0.15) is 5.75 Å². The number of carbonyl (C=O) groups is 1. The van der Waals surface area contributed by atoms with E-state index in [4.69, 9.17) is 0 Å². The molecule has 2 rings (SSSR count). The average Bonchev–Trinajstić information content (AvgIpc) is 2.39. The molecule has 20 heavy (non-hydrogen) atoms. The van der Waals surface area contributed by atoms with Crippen molar-refractivity contribution < 1.29 is 18.3 Å². The summed E-state index contributed by atoms with van der Waals surface area (Å²) >= 11 is 0. The van der Waals surface area contributed by atoms with Gasteiger partial charge in [0.15, 0.2) is 0 Å². The van der Waals surface area contributed by atoms with E-state index in [1.165, 1.54) is 12.1 Å². The van der Waals surface area contributed by atoms with Crippen LogP contribution in [-0.2, 0) is 4.79 Å². The number of piperidine rings is 1. The first-order valence-corrected chi connectivity index (χ1v) is 6.57. The molecule has 0 radical (unpaired) electrons. The zero-order chi connectivity index (χ0) is 14.6. The molecule has 0 bridgehead atoms. The predicted octanol–water partition coefficient (Wildman–Crippen LogP) is 2.62. The van der Waals surface area contributed by atoms with E-state index in [9.17, 15) is 13.6 Å². The second-order valence-corrected chi connectivity index (χ2v) is 5.20. The van der Waals surface area contributed by atoms with Crippen LogP contribution in [0.15, 0.2) is 24.3 Å². The van der Waals surface area contributed by atoms with Crippen molar-refractivity contribution in [2.45, 2.75) is 26.4 Å². The maximum Gasteiger partial charge on any atom is 0.387 e. The van der Waals surface area contributed by atoms with E-state index in [0.717, 1.165) is 19.4 Å². The molecular weight excluding hydrogens is 266 g/mol. The van der Waals surface area contributed by atoms with Gasteiger partial charge in [-0.15, -0.1) is 0 Å². The Hall–Kier alpha value is -1.69. The highest BCUT2D eigenvalue weighted by Crippen LogP contribution is 2.28. The second-order valence-electron chi connectivity index (χ2n) is 5.20. The van der Waals surface area contributed by atoms with Gasteiger partial charge in [0.2, 0.25) is 5.91 Å². The Morgan fingerprint density at radius 3 is 2.95 bits per heavy atom. The number of carbonyl (C=O) groups excluding carboxylic acids is 1. The van der Waals surface area contributed by atoms with E-state index in [-0.39, 0.29) is 11.7 Å². The molecule has 1 aromatic rings. The van der Waals surface area contributed by atoms with Crippen LogP contribution >= 0.6 is 0 Å². The largest absolute Gasteiger partial charge is 0.435 e. The van der Waals surface area contributed by atoms with Crippen molar-refractivity contribution in [2.24, 2.45) is 5.41 Å². The molecule has 0 aliphatic carbocycles. The fraction of sp³-hybridized carbons (Fsp3) is 0.500. The molecule has 1 saturated heterocycles. The Kier molecular flexibility index (Phi) is 4.54. The molecule has 110 valence electrons. The van der Waals surface area contributed by atoms with Gasteiger partial charge in [0.25, 0.3) is 0 Å². The molecule has 6 heteroatoms. The van der Waals surface area contributed by atoms with Crippen LogP contribution in [0.4, 0.5) is 14.5 Å². The van der Waals surface area contributed by atoms with E-state index in [1.54, 1.807) is 12.1 Å². The summed E-state index contributed by atoms with van der Waals surface area (Å²) in [7, 11) is 0. The monoisotopic (exact) mass is 284 g/mol. The fourth-order valence-electron chi connectivity index (χ4n) is 2.28. The Morgan fingerprint density at radius 2 is 2.30 bits per heavy atom. The van der Waals surface area contributed by atoms with Crippen LogP contribution in [0.2, 0.25) is 0 Å². The van der Waals surface area contributed by atoms with E-state index in [1.807, 2.05) is 6.92 Å². The number of benzene rings is 1. The summed E-state index contributed by atoms with van der Waals surface area (Å²) in [6.07, 6.45) is 1.75. The van der Waals surface area contributed by atoms with Crippen LogP contribution in [0.25, 0.3) is 0 Å². The maximum atomic E-state index is 12.3. The van der Waals surface area contributed by atoms with Crippen LogP contribution < -0.4 is 15.4 Å². The zero-order valence-corrected chi connectivity index (χ0v) is 11.3. The zero-order valence-electron chi connectivity index (χ0n) is 11.3. The van der Waals surface area contributed by atoms with Crippen molar-refractivity contribution in [3.8, 4) is 5.75 Å². The molecule has 1 fully saturated rings. The molecule has 1 heterocycles. The molecule has 0 saturated carbocycles. The lowest BCUT2D eigenvalue weighted by Crippen LogP contribution is -2.46. The smallest absolute Gasteiger partial charge is 0.387 e. The van der Waals surface area contributed by atoms with Gasteiger partial charge in [-0.25, -0.2) is 0 Å². The first kappa shape index (κ1) is 14.7. The summed E-state index contributed by atoms with van der Waals surface area (Å²) in [5.74, 6) is -0.0800. The molecule has 4 nitrogen and oxygen atoms in total. The van der Waals surface area contributed by atoms with Crippen LogP contribution in [0.5, 0.6) is 5.75 Å². The number of hydrogen-bond acceptors (Lipinski definition) is 3. The highest BCUT2D eigenvalue weighted by Gasteiger charge is 2.34. The van der Waals surface area contributed by atoms with Crippen LogP contribution in [0.3, 0.4) is 0 Å². The molecule has 0 aromatic heterocycles. The number of ether oxygens (including phenoxy) is 1. The Balaban J connectivity index is 2.03. The van der Waals surface area contributed by atoms with E-state index in [2.05, 4.69) is 15.4 Å². The molecule has 1 atom stereocenters. The summed E-state index contributed by atoms with van der Waals surface area (Å²) in [4.78, 5) is 12.3. The van der Waals surface area contributed by atoms with Gasteiger partial charge in [0.05, 0.1) is 5.41 Å². The van der Waals surface area contributed by atoms with Crippen LogP contribution in [0.1, 0.15) is 19.8 Å². The van der Waals surface area contributed by atoms with Gasteiger partial charge in [0, 0.05) is 18.3 Å². The number of anilines is 1. The lowest BCUT2D eigenvalue weighted by atomic mass is 9.82. The minimum Gasteiger partial charge on any atom is -0.435 e. The summed E-state index contributed by atoms with van der Waals surface area (Å²) < 4.78 is 28.6. The normalized spacial score (nSPS) is 22.6. The molecular formula is C14H18F2N2O2. The third-order valence-corrected chi connectivity index (χ3v) is 3.46. The van der Waals surface area contributed by atoms with Gasteiger partial charge in [-0.3, -0.25) is 4.79 Å². The Bertz CT molecular complexity index is 474. The minimum absolute atomic E-state index is 0.0322. The molecule has 1 aliphatic rings. The van der Waals surface area contributed by atoms with Crippen molar-refractivity contribution in [3.05, 3.63) is 24.3 Å². The number of hydrogen-bond donors (Lipinski definition) is 2. The molecule has 1 aromatic carbocycles. The first-order valence-electron chi connectivity index (χ1n) is 6.57. The molecule has 1 aliphatic heterocycles. The number of amides is 1. The number of nitrogens with one attached hydrogen (secondary N) is 2. The van der Waals surface area contributed by atoms with Gasteiger partial charge < -0.3 is 15.4 Å². The second kappa shape index (κ2) is 6.17. The minimum atomic E-state index is -2.87. The number of alkyl halides is 2. The standard InChI is InChI=1S/C14H18F2N2O2/c1-14(6-3-7-17-9-14)12(19)18-10-4-2-5-11(8-10)20-13(15)16/h2,4-5,8,13,17H,3,6-7,9H2,1H3,(H,18,19). The van der Waals surface area contributed by atoms with Crippen LogP contribution in [-0.4, -0.2) is 25.6 Å². The third-order valence-electron chi connectivity index (χ3n) is 3.46. The summed E-state index contributed by atoms with van der Waals surface area (Å²) in [6.45, 7) is 0.557. The lowest BCUT2D eigenvalue weighted by molar-refractivity contribution is -0.125. The number of rotatable bonds is 4. The molecule has 1 unspecified atom stereocenters. The summed E-state index contributed by atoms with van der Waals surface area (Å²) in [6, 6.07) is 6.03. The van der Waals surface area contributed by atoms with Crippen molar-refractivity contribution in [3.63, 3.8) is 0 Å². The van der Waals surface area contributed by atoms with Gasteiger partial charge in [-0.05, 0) is 38.4 Å². The summed E-state index contributed by atoms with van der Waals surface area (Å²) in [5.41, 5.74) is -0.0161. The topological polar surface area (TPSA) is 50.4 Å². The van der Waals surface area contributed by atoms with E-state index in [0.29, 0.717) is 12.2 Å². The highest BCUT2D eigenvalue weighted by atomic mass is 19.3. The molecule has 1 amide bonds. The molecule has 2 N–H and O–H groups in total. The Labute approximate surface area is 116 Å². The van der Waals surface area contributed by atoms with Crippen molar-refractivity contribution >= 4 is 11.6 Å². The van der Waals surface area contributed by atoms with Crippen molar-refractivity contribution in [1.29, 1.82) is 0 Å². The number of halogens is 2. The van der Waals surface area contributed by atoms with Gasteiger partial charge in [-0.2, -0.15) is 8.78 Å². The predicted molar refractivity (Wildman–Crippen MR) is 71.9 cm³/mol. The lowest BCUT2D eigenvalue weighted by Gasteiger charge is -2.32. The van der Waals surface area contributed by atoms with E-state index < -0.39 is 12.0 Å². The third kappa shape index (κ3) is 3.66. The van der Waals surface area contributed by atoms with Crippen LogP contribution in [0, 0.1) is 5.41 Å². The summed E-state index contributed by atoms with van der Waals surface area (Å²) in [5, 5.41) is 5.96. The maximum absolute atomic E-state index is 12.3. The van der Waals surface area contributed by atoms with Crippen molar-refractivity contribution in [2.75, 3.05) is 18.4 Å². The van der Waals surface area contributed by atoms with Gasteiger partial charge in [-0.1, -0.05) is 6.07 Å². The fourth-order valence-corrected chi connectivity index (χ4v) is 2.28. The van der Waals surface area contributed by atoms with Gasteiger partial charge >= 0.3 is 6.61 Å². The van der Waals surface area contributed by atoms with E-state index >= 15 is 0 Å². The highest BCUT2D eigenvalue weighted by molar-refractivity contribution is 5.95. The SMILES string of the molecule is CC1(C(=O)Nc2cccc(OC(F)F)c2)CCCNC1. The average molecular weight is 284 g/mol. The first-order chi connectivity index (χ1) is 9.49. The quantitative estimate of drug-likeness (QED) is 0.893. The molecule has 0 spiro atoms. The van der Waals surface area contributed by atoms with Crippen molar-refractivity contribution in [1.82, 2.24) is 5.32 Å². The Morgan fingerprint density at radius 1 is 1.50 bits per heavy atom.